The Morgan fingerprint density at radius 1 is 0.667 bits per heavy atom. The van der Waals surface area contributed by atoms with Gasteiger partial charge in [0, 0.05) is 12.1 Å². The molecule has 0 saturated carbocycles. The van der Waals surface area contributed by atoms with E-state index in [4.69, 9.17) is 0 Å². The Balaban J connectivity index is 2.38. The van der Waals surface area contributed by atoms with Gasteiger partial charge in [-0.3, -0.25) is 20.2 Å². The lowest BCUT2D eigenvalue weighted by atomic mass is 10.1. The maximum absolute atomic E-state index is 11.2. The Morgan fingerprint density at radius 3 is 1.25 bits per heavy atom. The topological polar surface area (TPSA) is 86.3 Å². The predicted molar refractivity (Wildman–Crippen MR) is 96.9 cm³/mol. The van der Waals surface area contributed by atoms with Crippen LogP contribution in [0, 0.1) is 47.9 Å². The van der Waals surface area contributed by atoms with Crippen LogP contribution in [0.1, 0.15) is 22.3 Å². The smallest absolute Gasteiger partial charge is 0.258 e. The molecule has 0 aromatic heterocycles. The van der Waals surface area contributed by atoms with Crippen LogP contribution in [0.2, 0.25) is 0 Å². The molecule has 0 spiro atoms. The van der Waals surface area contributed by atoms with Crippen LogP contribution in [0.5, 0.6) is 0 Å². The normalized spacial score (nSPS) is 10.7. The van der Waals surface area contributed by atoms with Gasteiger partial charge < -0.3 is 0 Å². The molecule has 0 radical (unpaired) electrons. The second-order valence-corrected chi connectivity index (χ2v) is 7.70. The minimum absolute atomic E-state index is 0.0158. The number of nitro groups is 2. The maximum Gasteiger partial charge on any atom is 0.284 e. The lowest BCUT2D eigenvalue weighted by Crippen LogP contribution is -1.94. The summed E-state index contributed by atoms with van der Waals surface area (Å²) in [5.74, 6) is 0. The molecule has 0 aliphatic heterocycles. The fraction of sp³-hybridized carbons (Fsp3) is 0.250. The molecule has 0 amide bonds. The van der Waals surface area contributed by atoms with Crippen molar-refractivity contribution in [1.82, 2.24) is 0 Å². The zero-order valence-electron chi connectivity index (χ0n) is 13.7. The monoisotopic (exact) mass is 364 g/mol. The molecule has 24 heavy (non-hydrogen) atoms. The Bertz CT molecular complexity index is 768. The van der Waals surface area contributed by atoms with E-state index < -0.39 is 9.85 Å². The molecule has 0 fully saturated rings. The average molecular weight is 364 g/mol. The van der Waals surface area contributed by atoms with Gasteiger partial charge in [0.15, 0.2) is 0 Å². The summed E-state index contributed by atoms with van der Waals surface area (Å²) in [6.07, 6.45) is 0. The zero-order valence-corrected chi connectivity index (χ0v) is 15.3. The van der Waals surface area contributed by atoms with Crippen molar-refractivity contribution < 1.29 is 9.85 Å². The summed E-state index contributed by atoms with van der Waals surface area (Å²) >= 11 is 0. The molecule has 0 aliphatic rings. The highest BCUT2D eigenvalue weighted by Crippen LogP contribution is 2.45. The van der Waals surface area contributed by atoms with Crippen molar-refractivity contribution >= 4 is 33.0 Å². The first-order valence-corrected chi connectivity index (χ1v) is 9.21. The summed E-state index contributed by atoms with van der Waals surface area (Å²) in [5, 5.41) is 22.5. The Kier molecular flexibility index (Phi) is 5.51. The van der Waals surface area contributed by atoms with Crippen LogP contribution in [0.3, 0.4) is 0 Å². The van der Waals surface area contributed by atoms with Crippen molar-refractivity contribution in [1.29, 1.82) is 0 Å². The van der Waals surface area contributed by atoms with Crippen molar-refractivity contribution in [3.8, 4) is 0 Å². The number of rotatable bonds is 5. The second-order valence-electron chi connectivity index (χ2n) is 5.49. The second kappa shape index (κ2) is 7.23. The largest absolute Gasteiger partial charge is 0.284 e. The van der Waals surface area contributed by atoms with E-state index in [0.717, 1.165) is 22.3 Å². The third-order valence-corrected chi connectivity index (χ3v) is 6.19. The van der Waals surface area contributed by atoms with Gasteiger partial charge in [0.1, 0.15) is 0 Å². The third kappa shape index (κ3) is 3.88. The molecule has 2 rings (SSSR count). The summed E-state index contributed by atoms with van der Waals surface area (Å²) in [5.41, 5.74) is 3.60. The van der Waals surface area contributed by atoms with E-state index in [9.17, 15) is 20.2 Å². The Morgan fingerprint density at radius 2 is 0.958 bits per heavy atom. The van der Waals surface area contributed by atoms with Crippen molar-refractivity contribution in [2.75, 3.05) is 0 Å². The summed E-state index contributed by atoms with van der Waals surface area (Å²) in [4.78, 5) is 22.6. The minimum atomic E-state index is -0.426. The molecule has 2 aromatic carbocycles. The van der Waals surface area contributed by atoms with E-state index in [2.05, 4.69) is 0 Å². The average Bonchev–Trinajstić information content (AvgIpc) is 2.50. The van der Waals surface area contributed by atoms with E-state index >= 15 is 0 Å². The van der Waals surface area contributed by atoms with Gasteiger partial charge in [-0.15, -0.1) is 0 Å². The van der Waals surface area contributed by atoms with Gasteiger partial charge in [-0.05, 0) is 83.7 Å². The van der Waals surface area contributed by atoms with Crippen molar-refractivity contribution in [3.05, 3.63) is 66.7 Å². The van der Waals surface area contributed by atoms with Gasteiger partial charge in [0.2, 0.25) is 0 Å². The van der Waals surface area contributed by atoms with Gasteiger partial charge in [-0.25, -0.2) is 0 Å². The van der Waals surface area contributed by atoms with Crippen LogP contribution in [-0.4, -0.2) is 9.85 Å². The van der Waals surface area contributed by atoms with Crippen molar-refractivity contribution in [2.24, 2.45) is 0 Å². The van der Waals surface area contributed by atoms with Crippen molar-refractivity contribution in [2.45, 2.75) is 37.5 Å². The number of hydrogen-bond acceptors (Lipinski definition) is 6. The van der Waals surface area contributed by atoms with Crippen LogP contribution < -0.4 is 0 Å². The maximum atomic E-state index is 11.2. The lowest BCUT2D eigenvalue weighted by molar-refractivity contribution is -0.388. The highest BCUT2D eigenvalue weighted by Gasteiger charge is 2.20. The number of aryl methyl sites for hydroxylation is 4. The molecule has 0 atom stereocenters. The Labute approximate surface area is 147 Å². The molecule has 0 saturated heterocycles. The van der Waals surface area contributed by atoms with Gasteiger partial charge >= 0.3 is 0 Å². The van der Waals surface area contributed by atoms with Crippen LogP contribution in [0.25, 0.3) is 0 Å². The van der Waals surface area contributed by atoms with E-state index in [0.29, 0.717) is 9.79 Å². The van der Waals surface area contributed by atoms with E-state index in [1.807, 2.05) is 27.7 Å². The highest BCUT2D eigenvalue weighted by atomic mass is 33.1. The summed E-state index contributed by atoms with van der Waals surface area (Å²) in [7, 11) is 2.34. The fourth-order valence-electron chi connectivity index (χ4n) is 2.06. The number of benzene rings is 2. The number of nitro benzene ring substituents is 2. The lowest BCUT2D eigenvalue weighted by Gasteiger charge is -2.08. The number of nitrogens with zero attached hydrogens (tertiary/aromatic N) is 2. The van der Waals surface area contributed by atoms with Crippen LogP contribution in [0.4, 0.5) is 11.4 Å². The van der Waals surface area contributed by atoms with Gasteiger partial charge in [0.25, 0.3) is 11.4 Å². The molecule has 6 nitrogen and oxygen atoms in total. The SMILES string of the molecule is Cc1cc(SSc2cc(C)c(C)cc2[N+](=O)[O-])c([N+](=O)[O-])cc1C. The molecule has 126 valence electrons. The molecule has 0 heterocycles. The molecular formula is C16H16N2O4S2. The van der Waals surface area contributed by atoms with Crippen LogP contribution >= 0.6 is 21.6 Å². The van der Waals surface area contributed by atoms with Crippen LogP contribution in [-0.2, 0) is 0 Å². The van der Waals surface area contributed by atoms with E-state index in [1.54, 1.807) is 12.1 Å². The van der Waals surface area contributed by atoms with Crippen LogP contribution in [0.15, 0.2) is 34.1 Å². The molecule has 8 heteroatoms. The molecule has 0 aliphatic carbocycles. The quantitative estimate of drug-likeness (QED) is 0.393. The first-order chi connectivity index (χ1) is 11.2. The molecular weight excluding hydrogens is 348 g/mol. The summed E-state index contributed by atoms with van der Waals surface area (Å²) in [6, 6.07) is 6.57. The molecule has 2 aromatic rings. The van der Waals surface area contributed by atoms with E-state index in [-0.39, 0.29) is 11.4 Å². The van der Waals surface area contributed by atoms with Crippen molar-refractivity contribution in [3.63, 3.8) is 0 Å². The predicted octanol–water partition coefficient (Wildman–Crippen LogP) is 5.54. The molecule has 0 bridgehead atoms. The standard InChI is InChI=1S/C16H16N2O4S2/c1-9-5-13(17(19)20)15(7-11(9)3)23-24-16-8-12(4)10(2)6-14(16)18(21)22/h5-8H,1-4H3. The first-order valence-electron chi connectivity index (χ1n) is 7.06. The third-order valence-electron chi connectivity index (χ3n) is 3.77. The van der Waals surface area contributed by atoms with Gasteiger partial charge in [-0.1, -0.05) is 0 Å². The number of hydrogen-bond donors (Lipinski definition) is 0. The summed E-state index contributed by atoms with van der Waals surface area (Å²) < 4.78 is 0. The van der Waals surface area contributed by atoms with Gasteiger partial charge in [0.05, 0.1) is 19.6 Å². The molecule has 0 N–H and O–H groups in total. The highest BCUT2D eigenvalue weighted by molar-refractivity contribution is 8.76. The Hall–Kier alpha value is -2.06. The van der Waals surface area contributed by atoms with Gasteiger partial charge in [-0.2, -0.15) is 0 Å². The summed E-state index contributed by atoms with van der Waals surface area (Å²) in [6.45, 7) is 7.40. The minimum Gasteiger partial charge on any atom is -0.258 e. The van der Waals surface area contributed by atoms with E-state index in [1.165, 1.54) is 33.7 Å². The first kappa shape index (κ1) is 18.3. The fourth-order valence-corrected chi connectivity index (χ4v) is 4.46. The molecule has 0 unspecified atom stereocenters. The zero-order chi connectivity index (χ0) is 18.0.